The quantitative estimate of drug-likeness (QED) is 0.866. The Bertz CT molecular complexity index is 801. The highest BCUT2D eigenvalue weighted by molar-refractivity contribution is 7.90. The van der Waals surface area contributed by atoms with Gasteiger partial charge >= 0.3 is 0 Å². The first-order valence-electron chi connectivity index (χ1n) is 6.08. The van der Waals surface area contributed by atoms with Gasteiger partial charge in [0.05, 0.1) is 33.1 Å². The van der Waals surface area contributed by atoms with Crippen LogP contribution in [0.1, 0.15) is 11.1 Å². The molecule has 0 aliphatic carbocycles. The first-order valence-corrected chi connectivity index (χ1v) is 9.29. The van der Waals surface area contributed by atoms with Crippen molar-refractivity contribution < 1.29 is 12.6 Å². The van der Waals surface area contributed by atoms with Crippen LogP contribution in [0.5, 0.6) is 0 Å². The van der Waals surface area contributed by atoms with E-state index in [4.69, 9.17) is 5.26 Å². The first-order chi connectivity index (χ1) is 9.90. The average molecular weight is 319 g/mol. The molecule has 2 aromatic carbocycles. The van der Waals surface area contributed by atoms with Crippen molar-refractivity contribution >= 4 is 20.6 Å². The van der Waals surface area contributed by atoms with E-state index in [0.717, 1.165) is 11.8 Å². The van der Waals surface area contributed by atoms with Crippen LogP contribution in [0.2, 0.25) is 0 Å². The molecule has 0 saturated carbocycles. The van der Waals surface area contributed by atoms with Crippen LogP contribution in [0.3, 0.4) is 0 Å². The molecule has 0 spiro atoms. The van der Waals surface area contributed by atoms with Crippen molar-refractivity contribution in [3.63, 3.8) is 0 Å². The van der Waals surface area contributed by atoms with Crippen molar-refractivity contribution in [2.24, 2.45) is 0 Å². The normalized spacial score (nSPS) is 12.6. The van der Waals surface area contributed by atoms with Crippen LogP contribution in [0.25, 0.3) is 0 Å². The number of rotatable bonds is 4. The molecule has 6 heteroatoms. The highest BCUT2D eigenvalue weighted by atomic mass is 32.2. The third kappa shape index (κ3) is 4.00. The van der Waals surface area contributed by atoms with E-state index in [0.29, 0.717) is 16.2 Å². The lowest BCUT2D eigenvalue weighted by Crippen LogP contribution is -1.99. The fourth-order valence-corrected chi connectivity index (χ4v) is 3.48. The monoisotopic (exact) mass is 319 g/mol. The summed E-state index contributed by atoms with van der Waals surface area (Å²) in [6.07, 6.45) is 1.13. The topological polar surface area (TPSA) is 75.0 Å². The predicted octanol–water partition coefficient (Wildman–Crippen LogP) is 2.27. The molecule has 0 radical (unpaired) electrons. The smallest absolute Gasteiger partial charge is 0.175 e. The summed E-state index contributed by atoms with van der Waals surface area (Å²) in [7, 11) is -4.50. The highest BCUT2D eigenvalue weighted by Gasteiger charge is 2.09. The molecule has 0 amide bonds. The molecule has 108 valence electrons. The molecule has 0 heterocycles. The maximum atomic E-state index is 12.2. The molecule has 0 aliphatic rings. The lowest BCUT2D eigenvalue weighted by atomic mass is 10.2. The first kappa shape index (κ1) is 15.4. The van der Waals surface area contributed by atoms with Gasteiger partial charge in [-0.1, -0.05) is 12.1 Å². The molecule has 0 bridgehead atoms. The van der Waals surface area contributed by atoms with E-state index in [2.05, 4.69) is 0 Å². The van der Waals surface area contributed by atoms with Crippen molar-refractivity contribution in [3.8, 4) is 6.07 Å². The van der Waals surface area contributed by atoms with Crippen molar-refractivity contribution in [2.75, 3.05) is 6.26 Å². The van der Waals surface area contributed by atoms with E-state index in [1.165, 1.54) is 12.1 Å². The molecule has 0 aliphatic heterocycles. The molecule has 0 N–H and O–H groups in total. The van der Waals surface area contributed by atoms with Gasteiger partial charge in [0.25, 0.3) is 0 Å². The molecule has 21 heavy (non-hydrogen) atoms. The lowest BCUT2D eigenvalue weighted by Gasteiger charge is -2.04. The molecular formula is C15H13NO3S2. The van der Waals surface area contributed by atoms with Crippen LogP contribution in [-0.4, -0.2) is 18.9 Å². The summed E-state index contributed by atoms with van der Waals surface area (Å²) in [6.45, 7) is 0. The van der Waals surface area contributed by atoms with Gasteiger partial charge in [0.2, 0.25) is 0 Å². The van der Waals surface area contributed by atoms with Crippen LogP contribution in [0.4, 0.5) is 0 Å². The second-order valence-electron chi connectivity index (χ2n) is 4.54. The molecule has 0 saturated heterocycles. The summed E-state index contributed by atoms with van der Waals surface area (Å²) in [4.78, 5) is 0.786. The summed E-state index contributed by atoms with van der Waals surface area (Å²) in [5, 5.41) is 8.72. The molecule has 1 atom stereocenters. The van der Waals surface area contributed by atoms with E-state index in [1.807, 2.05) is 6.07 Å². The summed E-state index contributed by atoms with van der Waals surface area (Å²) in [6, 6.07) is 15.0. The van der Waals surface area contributed by atoms with E-state index in [9.17, 15) is 12.6 Å². The van der Waals surface area contributed by atoms with Crippen molar-refractivity contribution in [2.45, 2.75) is 15.5 Å². The number of benzene rings is 2. The average Bonchev–Trinajstić information content (AvgIpc) is 2.47. The Morgan fingerprint density at radius 1 is 1.05 bits per heavy atom. The number of hydrogen-bond donors (Lipinski definition) is 0. The minimum atomic E-state index is -3.24. The van der Waals surface area contributed by atoms with Crippen molar-refractivity contribution in [1.82, 2.24) is 0 Å². The Labute approximate surface area is 126 Å². The van der Waals surface area contributed by atoms with E-state index >= 15 is 0 Å². The lowest BCUT2D eigenvalue weighted by molar-refractivity contribution is 0.601. The Kier molecular flexibility index (Phi) is 4.56. The molecule has 2 rings (SSSR count). The van der Waals surface area contributed by atoms with Gasteiger partial charge in [0, 0.05) is 11.2 Å². The van der Waals surface area contributed by atoms with Crippen LogP contribution in [0.15, 0.2) is 58.3 Å². The summed E-state index contributed by atoms with van der Waals surface area (Å²) in [5.74, 6) is 0.323. The summed E-state index contributed by atoms with van der Waals surface area (Å²) < 4.78 is 35.0. The van der Waals surface area contributed by atoms with Gasteiger partial charge in [-0.05, 0) is 42.0 Å². The molecule has 1 unspecified atom stereocenters. The minimum Gasteiger partial charge on any atom is -0.254 e. The van der Waals surface area contributed by atoms with Crippen LogP contribution in [0, 0.1) is 11.3 Å². The zero-order valence-corrected chi connectivity index (χ0v) is 12.9. The SMILES string of the molecule is CS(=O)(=O)c1ccc(S(=O)Cc2ccc(C#N)cc2)cc1. The van der Waals surface area contributed by atoms with E-state index in [1.54, 1.807) is 36.4 Å². The van der Waals surface area contributed by atoms with Gasteiger partial charge in [0.15, 0.2) is 9.84 Å². The van der Waals surface area contributed by atoms with Crippen molar-refractivity contribution in [3.05, 3.63) is 59.7 Å². The van der Waals surface area contributed by atoms with Crippen molar-refractivity contribution in [1.29, 1.82) is 5.26 Å². The Morgan fingerprint density at radius 2 is 1.62 bits per heavy atom. The maximum absolute atomic E-state index is 12.2. The van der Waals surface area contributed by atoms with Crippen LogP contribution in [-0.2, 0) is 26.4 Å². The van der Waals surface area contributed by atoms with Gasteiger partial charge in [-0.2, -0.15) is 5.26 Å². The Hall–Kier alpha value is -1.97. The second kappa shape index (κ2) is 6.20. The van der Waals surface area contributed by atoms with Crippen LogP contribution < -0.4 is 0 Å². The van der Waals surface area contributed by atoms with Gasteiger partial charge in [-0.15, -0.1) is 0 Å². The Balaban J connectivity index is 2.15. The highest BCUT2D eigenvalue weighted by Crippen LogP contribution is 2.16. The summed E-state index contributed by atoms with van der Waals surface area (Å²) >= 11 is 0. The number of sulfone groups is 1. The maximum Gasteiger partial charge on any atom is 0.175 e. The van der Waals surface area contributed by atoms with Crippen LogP contribution >= 0.6 is 0 Å². The molecule has 4 nitrogen and oxygen atoms in total. The molecular weight excluding hydrogens is 306 g/mol. The van der Waals surface area contributed by atoms with Gasteiger partial charge in [-0.3, -0.25) is 4.21 Å². The third-order valence-electron chi connectivity index (χ3n) is 2.90. The minimum absolute atomic E-state index is 0.210. The Morgan fingerprint density at radius 3 is 2.10 bits per heavy atom. The van der Waals surface area contributed by atoms with E-state index in [-0.39, 0.29) is 4.90 Å². The van der Waals surface area contributed by atoms with Gasteiger partial charge in [0.1, 0.15) is 0 Å². The molecule has 0 aromatic heterocycles. The molecule has 2 aromatic rings. The summed E-state index contributed by atoms with van der Waals surface area (Å²) in [5.41, 5.74) is 1.42. The zero-order valence-electron chi connectivity index (χ0n) is 11.3. The number of nitriles is 1. The predicted molar refractivity (Wildman–Crippen MR) is 80.8 cm³/mol. The zero-order chi connectivity index (χ0) is 15.5. The van der Waals surface area contributed by atoms with E-state index < -0.39 is 20.6 Å². The molecule has 0 fully saturated rings. The third-order valence-corrected chi connectivity index (χ3v) is 5.42. The fraction of sp³-hybridized carbons (Fsp3) is 0.133. The fourth-order valence-electron chi connectivity index (χ4n) is 1.75. The van der Waals surface area contributed by atoms with Gasteiger partial charge in [-0.25, -0.2) is 8.42 Å². The number of nitrogens with zero attached hydrogens (tertiary/aromatic N) is 1. The largest absolute Gasteiger partial charge is 0.254 e. The second-order valence-corrected chi connectivity index (χ2v) is 8.01. The van der Waals surface area contributed by atoms with Gasteiger partial charge < -0.3 is 0 Å². The standard InChI is InChI=1S/C15H13NO3S2/c1-21(18,19)15-8-6-14(7-9-15)20(17)11-13-4-2-12(10-16)3-5-13/h2-9H,11H2,1H3. The number of hydrogen-bond acceptors (Lipinski definition) is 4.